The second-order valence-corrected chi connectivity index (χ2v) is 7.48. The van der Waals surface area contributed by atoms with Gasteiger partial charge in [0.1, 0.15) is 5.75 Å². The number of phenolic OH excluding ortho intramolecular Hbond substituents is 1. The van der Waals surface area contributed by atoms with Gasteiger partial charge in [-0.15, -0.1) is 0 Å². The molecular weight excluding hydrogens is 390 g/mol. The quantitative estimate of drug-likeness (QED) is 0.549. The minimum atomic E-state index is -0.477. The molecule has 0 spiro atoms. The molecule has 4 rings (SSSR count). The van der Waals surface area contributed by atoms with Gasteiger partial charge in [0, 0.05) is 24.7 Å². The summed E-state index contributed by atoms with van der Waals surface area (Å²) in [6.45, 7) is 0.275. The van der Waals surface area contributed by atoms with E-state index in [4.69, 9.17) is 5.73 Å². The predicted octanol–water partition coefficient (Wildman–Crippen LogP) is 4.10. The maximum Gasteiger partial charge on any atom is 0.229 e. The van der Waals surface area contributed by atoms with Gasteiger partial charge in [0.05, 0.1) is 17.3 Å². The number of carbonyl (C=O) groups is 2. The molecule has 6 heteroatoms. The molecule has 1 heterocycles. The number of amides is 2. The monoisotopic (exact) mass is 413 g/mol. The summed E-state index contributed by atoms with van der Waals surface area (Å²) in [4.78, 5) is 26.6. The van der Waals surface area contributed by atoms with Crippen LogP contribution in [0, 0.1) is 5.92 Å². The molecule has 1 atom stereocenters. The number of benzene rings is 3. The normalized spacial score (nSPS) is 16.1. The van der Waals surface area contributed by atoms with Crippen LogP contribution >= 0.6 is 0 Å². The minimum Gasteiger partial charge on any atom is -0.507 e. The molecule has 1 unspecified atom stereocenters. The van der Waals surface area contributed by atoms with E-state index >= 15 is 0 Å². The molecule has 0 radical (unpaired) electrons. The number of nitrogens with one attached hydrogen (secondary N) is 1. The molecule has 0 aliphatic carbocycles. The van der Waals surface area contributed by atoms with Crippen LogP contribution in [0.15, 0.2) is 79.0 Å². The van der Waals surface area contributed by atoms with E-state index in [-0.39, 0.29) is 30.5 Å². The Morgan fingerprint density at radius 2 is 1.77 bits per heavy atom. The summed E-state index contributed by atoms with van der Waals surface area (Å²) in [5.74, 6) is -0.728. The second-order valence-electron chi connectivity index (χ2n) is 7.48. The number of hydrogen-bond donors (Lipinski definition) is 3. The molecule has 1 fully saturated rings. The van der Waals surface area contributed by atoms with Crippen molar-refractivity contribution in [3.05, 3.63) is 84.6 Å². The molecule has 0 saturated carbocycles. The Bertz CT molecular complexity index is 1140. The Morgan fingerprint density at radius 3 is 2.52 bits per heavy atom. The van der Waals surface area contributed by atoms with E-state index in [1.807, 2.05) is 42.5 Å². The third-order valence-corrected chi connectivity index (χ3v) is 5.32. The van der Waals surface area contributed by atoms with Crippen LogP contribution in [0.5, 0.6) is 5.75 Å². The summed E-state index contributed by atoms with van der Waals surface area (Å²) in [5, 5.41) is 12.7. The maximum atomic E-state index is 12.7. The first kappa shape index (κ1) is 20.2. The molecule has 4 N–H and O–H groups in total. The largest absolute Gasteiger partial charge is 0.507 e. The van der Waals surface area contributed by atoms with Gasteiger partial charge in [-0.05, 0) is 35.4 Å². The Kier molecular flexibility index (Phi) is 5.71. The molecule has 3 aromatic rings. The van der Waals surface area contributed by atoms with Crippen molar-refractivity contribution in [1.82, 2.24) is 4.90 Å². The van der Waals surface area contributed by atoms with Gasteiger partial charge >= 0.3 is 0 Å². The summed E-state index contributed by atoms with van der Waals surface area (Å²) in [6, 6.07) is 22.2. The summed E-state index contributed by atoms with van der Waals surface area (Å²) in [5.41, 5.74) is 9.77. The van der Waals surface area contributed by atoms with E-state index in [0.29, 0.717) is 16.9 Å². The number of hydrogen-bond acceptors (Lipinski definition) is 4. The van der Waals surface area contributed by atoms with E-state index in [1.54, 1.807) is 42.6 Å². The van der Waals surface area contributed by atoms with Gasteiger partial charge in [-0.3, -0.25) is 9.59 Å². The number of nitrogens with two attached hydrogens (primary N) is 1. The molecule has 6 nitrogen and oxygen atoms in total. The molecule has 31 heavy (non-hydrogen) atoms. The molecule has 2 amide bonds. The fourth-order valence-corrected chi connectivity index (χ4v) is 3.57. The highest BCUT2D eigenvalue weighted by Gasteiger charge is 2.33. The number of rotatable bonds is 5. The van der Waals surface area contributed by atoms with Gasteiger partial charge in [0.25, 0.3) is 0 Å². The van der Waals surface area contributed by atoms with E-state index in [2.05, 4.69) is 5.32 Å². The van der Waals surface area contributed by atoms with Crippen LogP contribution in [0.25, 0.3) is 17.2 Å². The van der Waals surface area contributed by atoms with Gasteiger partial charge in [-0.25, -0.2) is 0 Å². The van der Waals surface area contributed by atoms with Gasteiger partial charge in [-0.2, -0.15) is 0 Å². The van der Waals surface area contributed by atoms with E-state index < -0.39 is 5.92 Å². The SMILES string of the molecule is Nc1cc(-c2ccccc2)ccc1NC(=O)C1CC(=O)N(C=Cc2ccccc2O)C1. The second kappa shape index (κ2) is 8.75. The zero-order valence-electron chi connectivity index (χ0n) is 16.9. The fraction of sp³-hybridized carbons (Fsp3) is 0.120. The third-order valence-electron chi connectivity index (χ3n) is 5.32. The van der Waals surface area contributed by atoms with Crippen molar-refractivity contribution in [1.29, 1.82) is 0 Å². The van der Waals surface area contributed by atoms with Crippen molar-refractivity contribution >= 4 is 29.3 Å². The maximum absolute atomic E-state index is 12.7. The average molecular weight is 413 g/mol. The van der Waals surface area contributed by atoms with Crippen LogP contribution in [-0.2, 0) is 9.59 Å². The Hall–Kier alpha value is -4.06. The summed E-state index contributed by atoms with van der Waals surface area (Å²) < 4.78 is 0. The van der Waals surface area contributed by atoms with Crippen LogP contribution in [0.2, 0.25) is 0 Å². The topological polar surface area (TPSA) is 95.7 Å². The number of para-hydroxylation sites is 1. The van der Waals surface area contributed by atoms with Crippen molar-refractivity contribution < 1.29 is 14.7 Å². The molecule has 1 aliphatic rings. The predicted molar refractivity (Wildman–Crippen MR) is 122 cm³/mol. The molecule has 0 aromatic heterocycles. The lowest BCUT2D eigenvalue weighted by atomic mass is 10.0. The summed E-state index contributed by atoms with van der Waals surface area (Å²) in [6.07, 6.45) is 3.39. The number of carbonyl (C=O) groups excluding carboxylic acids is 2. The highest BCUT2D eigenvalue weighted by molar-refractivity contribution is 5.99. The van der Waals surface area contributed by atoms with E-state index in [9.17, 15) is 14.7 Å². The first-order valence-corrected chi connectivity index (χ1v) is 10.0. The zero-order chi connectivity index (χ0) is 21.8. The van der Waals surface area contributed by atoms with Crippen LogP contribution < -0.4 is 11.1 Å². The molecular formula is C25H23N3O3. The van der Waals surface area contributed by atoms with Gasteiger partial charge in [0.15, 0.2) is 0 Å². The van der Waals surface area contributed by atoms with Crippen molar-refractivity contribution in [3.63, 3.8) is 0 Å². The Morgan fingerprint density at radius 1 is 1.03 bits per heavy atom. The number of likely N-dealkylation sites (tertiary alicyclic amines) is 1. The lowest BCUT2D eigenvalue weighted by Gasteiger charge is -2.14. The van der Waals surface area contributed by atoms with Crippen LogP contribution in [0.3, 0.4) is 0 Å². The van der Waals surface area contributed by atoms with Crippen molar-refractivity contribution in [2.24, 2.45) is 5.92 Å². The van der Waals surface area contributed by atoms with Gasteiger partial charge in [0.2, 0.25) is 11.8 Å². The molecule has 0 bridgehead atoms. The zero-order valence-corrected chi connectivity index (χ0v) is 16.9. The molecule has 1 aliphatic heterocycles. The Labute approximate surface area is 180 Å². The van der Waals surface area contributed by atoms with Crippen LogP contribution in [-0.4, -0.2) is 28.4 Å². The fourth-order valence-electron chi connectivity index (χ4n) is 3.57. The highest BCUT2D eigenvalue weighted by Crippen LogP contribution is 2.28. The van der Waals surface area contributed by atoms with Crippen LogP contribution in [0.1, 0.15) is 12.0 Å². The van der Waals surface area contributed by atoms with Gasteiger partial charge in [-0.1, -0.05) is 54.6 Å². The number of nitrogen functional groups attached to an aromatic ring is 1. The first-order valence-electron chi connectivity index (χ1n) is 10.0. The van der Waals surface area contributed by atoms with Crippen LogP contribution in [0.4, 0.5) is 11.4 Å². The summed E-state index contributed by atoms with van der Waals surface area (Å²) >= 11 is 0. The minimum absolute atomic E-state index is 0.124. The van der Waals surface area contributed by atoms with E-state index in [0.717, 1.165) is 11.1 Å². The molecule has 3 aromatic carbocycles. The first-order chi connectivity index (χ1) is 15.0. The lowest BCUT2D eigenvalue weighted by Crippen LogP contribution is -2.25. The van der Waals surface area contributed by atoms with Gasteiger partial charge < -0.3 is 21.1 Å². The van der Waals surface area contributed by atoms with E-state index in [1.165, 1.54) is 4.90 Å². The third kappa shape index (κ3) is 4.59. The lowest BCUT2D eigenvalue weighted by molar-refractivity contribution is -0.126. The number of nitrogens with zero attached hydrogens (tertiary/aromatic N) is 1. The van der Waals surface area contributed by atoms with Crippen molar-refractivity contribution in [2.75, 3.05) is 17.6 Å². The standard InChI is InChI=1S/C25H23N3O3/c26-21-14-19(17-6-2-1-3-7-17)10-11-22(21)27-25(31)20-15-24(30)28(16-20)13-12-18-8-4-5-9-23(18)29/h1-14,20,29H,15-16,26H2,(H,27,31). The Balaban J connectivity index is 1.41. The molecule has 1 saturated heterocycles. The number of aromatic hydroxyl groups is 1. The van der Waals surface area contributed by atoms with Crippen molar-refractivity contribution in [2.45, 2.75) is 6.42 Å². The number of anilines is 2. The highest BCUT2D eigenvalue weighted by atomic mass is 16.3. The smallest absolute Gasteiger partial charge is 0.229 e. The average Bonchev–Trinajstić information content (AvgIpc) is 3.16. The number of phenols is 1. The molecule has 156 valence electrons. The summed E-state index contributed by atoms with van der Waals surface area (Å²) in [7, 11) is 0. The van der Waals surface area contributed by atoms with Crippen molar-refractivity contribution in [3.8, 4) is 16.9 Å².